The van der Waals surface area contributed by atoms with E-state index in [4.69, 9.17) is 0 Å². The molecule has 0 saturated carbocycles. The molecule has 60 valence electrons. The van der Waals surface area contributed by atoms with E-state index in [-0.39, 0.29) is 5.56 Å². The number of anilines is 1. The summed E-state index contributed by atoms with van der Waals surface area (Å²) in [5.74, 6) is 0.554. The quantitative estimate of drug-likeness (QED) is 0.750. The van der Waals surface area contributed by atoms with Gasteiger partial charge in [0.2, 0.25) is 5.95 Å². The predicted octanol–water partition coefficient (Wildman–Crippen LogP) is 0.598. The Labute approximate surface area is 72.4 Å². The first-order valence-electron chi connectivity index (χ1n) is 3.03. The van der Waals surface area contributed by atoms with Gasteiger partial charge in [-0.2, -0.15) is 0 Å². The van der Waals surface area contributed by atoms with Gasteiger partial charge in [0, 0.05) is 14.1 Å². The first kappa shape index (κ1) is 8.26. The Kier molecular flexibility index (Phi) is 2.28. The summed E-state index contributed by atoms with van der Waals surface area (Å²) in [5, 5.41) is 0. The van der Waals surface area contributed by atoms with Gasteiger partial charge < -0.3 is 4.90 Å². The molecule has 0 aliphatic heterocycles. The third-order valence-electron chi connectivity index (χ3n) is 1.17. The zero-order valence-electron chi connectivity index (χ0n) is 6.26. The SMILES string of the molecule is CN(C)c1ncc(Br)c(=O)[nH]1. The molecule has 0 unspecified atom stereocenters. The molecule has 1 aromatic heterocycles. The highest BCUT2D eigenvalue weighted by Crippen LogP contribution is 2.02. The van der Waals surface area contributed by atoms with Crippen molar-refractivity contribution in [1.29, 1.82) is 0 Å². The average Bonchev–Trinajstić information content (AvgIpc) is 1.94. The van der Waals surface area contributed by atoms with Gasteiger partial charge in [-0.1, -0.05) is 0 Å². The number of rotatable bonds is 1. The minimum Gasteiger partial charge on any atom is -0.348 e. The fourth-order valence-corrected chi connectivity index (χ4v) is 0.799. The monoisotopic (exact) mass is 217 g/mol. The van der Waals surface area contributed by atoms with Gasteiger partial charge in [-0.25, -0.2) is 4.98 Å². The summed E-state index contributed by atoms with van der Waals surface area (Å²) in [6.07, 6.45) is 1.48. The van der Waals surface area contributed by atoms with Gasteiger partial charge in [0.05, 0.1) is 6.20 Å². The lowest BCUT2D eigenvalue weighted by Gasteiger charge is -2.08. The van der Waals surface area contributed by atoms with Crippen LogP contribution in [-0.4, -0.2) is 24.1 Å². The first-order valence-corrected chi connectivity index (χ1v) is 3.82. The molecular formula is C6H8BrN3O. The summed E-state index contributed by atoms with van der Waals surface area (Å²) in [5.41, 5.74) is -0.163. The van der Waals surface area contributed by atoms with Crippen LogP contribution in [0.5, 0.6) is 0 Å². The number of hydrogen-bond donors (Lipinski definition) is 1. The molecule has 0 bridgehead atoms. The fourth-order valence-electron chi connectivity index (χ4n) is 0.597. The number of H-pyrrole nitrogens is 1. The van der Waals surface area contributed by atoms with E-state index in [2.05, 4.69) is 25.9 Å². The lowest BCUT2D eigenvalue weighted by molar-refractivity contribution is 0.974. The first-order chi connectivity index (χ1) is 5.11. The molecule has 0 aromatic carbocycles. The van der Waals surface area contributed by atoms with Crippen LogP contribution >= 0.6 is 15.9 Å². The lowest BCUT2D eigenvalue weighted by atomic mass is 10.6. The molecule has 4 nitrogen and oxygen atoms in total. The number of halogens is 1. The summed E-state index contributed by atoms with van der Waals surface area (Å²) in [4.78, 5) is 19.3. The van der Waals surface area contributed by atoms with E-state index >= 15 is 0 Å². The Morgan fingerprint density at radius 1 is 1.64 bits per heavy atom. The van der Waals surface area contributed by atoms with Crippen molar-refractivity contribution in [3.63, 3.8) is 0 Å². The maximum absolute atomic E-state index is 11.0. The molecule has 0 atom stereocenters. The highest BCUT2D eigenvalue weighted by atomic mass is 79.9. The standard InChI is InChI=1S/C6H8BrN3O/c1-10(2)6-8-3-4(7)5(11)9-6/h3H,1-2H3,(H,8,9,11). The molecule has 1 rings (SSSR count). The fraction of sp³-hybridized carbons (Fsp3) is 0.333. The highest BCUT2D eigenvalue weighted by molar-refractivity contribution is 9.10. The molecule has 0 spiro atoms. The number of aromatic amines is 1. The maximum Gasteiger partial charge on any atom is 0.266 e. The minimum atomic E-state index is -0.163. The van der Waals surface area contributed by atoms with Crippen molar-refractivity contribution in [3.8, 4) is 0 Å². The molecule has 0 aliphatic rings. The average molecular weight is 218 g/mol. The van der Waals surface area contributed by atoms with Gasteiger partial charge in [-0.05, 0) is 15.9 Å². The second-order valence-electron chi connectivity index (χ2n) is 2.28. The Balaban J connectivity index is 3.16. The van der Waals surface area contributed by atoms with Crippen LogP contribution in [0.15, 0.2) is 15.5 Å². The Morgan fingerprint density at radius 2 is 2.27 bits per heavy atom. The smallest absolute Gasteiger partial charge is 0.266 e. The number of aromatic nitrogens is 2. The minimum absolute atomic E-state index is 0.163. The molecule has 1 heterocycles. The number of nitrogens with zero attached hydrogens (tertiary/aromatic N) is 2. The van der Waals surface area contributed by atoms with Gasteiger partial charge >= 0.3 is 0 Å². The zero-order chi connectivity index (χ0) is 8.43. The van der Waals surface area contributed by atoms with Crippen LogP contribution in [0.4, 0.5) is 5.95 Å². The molecule has 0 saturated heterocycles. The van der Waals surface area contributed by atoms with Crippen molar-refractivity contribution in [1.82, 2.24) is 9.97 Å². The van der Waals surface area contributed by atoms with E-state index in [1.807, 2.05) is 14.1 Å². The van der Waals surface area contributed by atoms with Crippen LogP contribution < -0.4 is 10.5 Å². The van der Waals surface area contributed by atoms with Gasteiger partial charge in [0.1, 0.15) is 4.47 Å². The maximum atomic E-state index is 11.0. The van der Waals surface area contributed by atoms with Crippen molar-refractivity contribution in [2.24, 2.45) is 0 Å². The Hall–Kier alpha value is -0.840. The van der Waals surface area contributed by atoms with Crippen molar-refractivity contribution < 1.29 is 0 Å². The van der Waals surface area contributed by atoms with E-state index < -0.39 is 0 Å². The third-order valence-corrected chi connectivity index (χ3v) is 1.73. The van der Waals surface area contributed by atoms with Gasteiger partial charge in [-0.15, -0.1) is 0 Å². The molecular weight excluding hydrogens is 210 g/mol. The van der Waals surface area contributed by atoms with E-state index in [1.54, 1.807) is 4.90 Å². The van der Waals surface area contributed by atoms with Gasteiger partial charge in [0.25, 0.3) is 5.56 Å². The van der Waals surface area contributed by atoms with Crippen LogP contribution in [-0.2, 0) is 0 Å². The summed E-state index contributed by atoms with van der Waals surface area (Å²) in [6, 6.07) is 0. The molecule has 0 radical (unpaired) electrons. The van der Waals surface area contributed by atoms with Crippen LogP contribution in [0, 0.1) is 0 Å². The largest absolute Gasteiger partial charge is 0.348 e. The molecule has 1 aromatic rings. The second-order valence-corrected chi connectivity index (χ2v) is 3.13. The highest BCUT2D eigenvalue weighted by Gasteiger charge is 1.99. The van der Waals surface area contributed by atoms with Crippen LogP contribution in [0.1, 0.15) is 0 Å². The van der Waals surface area contributed by atoms with Crippen LogP contribution in [0.2, 0.25) is 0 Å². The van der Waals surface area contributed by atoms with Crippen molar-refractivity contribution in [2.75, 3.05) is 19.0 Å². The van der Waals surface area contributed by atoms with Crippen molar-refractivity contribution >= 4 is 21.9 Å². The van der Waals surface area contributed by atoms with E-state index in [1.165, 1.54) is 6.20 Å². The Morgan fingerprint density at radius 3 is 2.73 bits per heavy atom. The van der Waals surface area contributed by atoms with E-state index in [0.29, 0.717) is 10.4 Å². The van der Waals surface area contributed by atoms with Crippen LogP contribution in [0.25, 0.3) is 0 Å². The summed E-state index contributed by atoms with van der Waals surface area (Å²) in [6.45, 7) is 0. The molecule has 0 amide bonds. The van der Waals surface area contributed by atoms with E-state index in [0.717, 1.165) is 0 Å². The van der Waals surface area contributed by atoms with E-state index in [9.17, 15) is 4.79 Å². The molecule has 1 N–H and O–H groups in total. The predicted molar refractivity (Wildman–Crippen MR) is 46.9 cm³/mol. The topological polar surface area (TPSA) is 49.0 Å². The van der Waals surface area contributed by atoms with Crippen LogP contribution in [0.3, 0.4) is 0 Å². The third kappa shape index (κ3) is 1.80. The zero-order valence-corrected chi connectivity index (χ0v) is 7.84. The number of nitrogens with one attached hydrogen (secondary N) is 1. The Bertz CT molecular complexity index is 307. The van der Waals surface area contributed by atoms with Gasteiger partial charge in [0.15, 0.2) is 0 Å². The van der Waals surface area contributed by atoms with Crippen molar-refractivity contribution in [3.05, 3.63) is 21.0 Å². The summed E-state index contributed by atoms with van der Waals surface area (Å²) < 4.78 is 0.447. The molecule has 0 aliphatic carbocycles. The molecule has 5 heteroatoms. The normalized spacial score (nSPS) is 9.73. The van der Waals surface area contributed by atoms with Crippen molar-refractivity contribution in [2.45, 2.75) is 0 Å². The number of hydrogen-bond acceptors (Lipinski definition) is 3. The van der Waals surface area contributed by atoms with Gasteiger partial charge in [-0.3, -0.25) is 9.78 Å². The summed E-state index contributed by atoms with van der Waals surface area (Å²) >= 11 is 3.05. The molecule has 11 heavy (non-hydrogen) atoms. The second kappa shape index (κ2) is 3.04. The summed E-state index contributed by atoms with van der Waals surface area (Å²) in [7, 11) is 3.62. The lowest BCUT2D eigenvalue weighted by Crippen LogP contribution is -2.18. The molecule has 0 fully saturated rings.